The number of nitrogen functional groups attached to an aromatic ring is 1. The summed E-state index contributed by atoms with van der Waals surface area (Å²) in [7, 11) is 0. The first-order chi connectivity index (χ1) is 21.9. The monoisotopic (exact) mass is 688 g/mol. The molecule has 19 nitrogen and oxygen atoms in total. The first kappa shape index (κ1) is 43.0. The summed E-state index contributed by atoms with van der Waals surface area (Å²) in [5.74, 6) is 0.278. The number of fused-ring (bicyclic) bond motifs is 1. The predicted molar refractivity (Wildman–Crippen MR) is 152 cm³/mol. The number of rotatable bonds is 16. The molecule has 2 fully saturated rings. The Balaban J connectivity index is 0.000000455. The molecule has 2 aliphatic rings. The average Bonchev–Trinajstić information content (AvgIpc) is 3.71. The van der Waals surface area contributed by atoms with Gasteiger partial charge in [-0.2, -0.15) is 0 Å². The number of nitrogens with zero attached hydrogens (tertiary/aromatic N) is 4. The second kappa shape index (κ2) is 25.0. The SMILES string of the molecule is Nc1ncnc2c1ncn2C1CCC(C[O-])O1.O=C(CCCCOC1CC(O)C(O)C(CO)O1)NCCOCCOCO.OO.[K+]. The van der Waals surface area contributed by atoms with Crippen molar-refractivity contribution in [1.29, 1.82) is 0 Å². The number of amides is 1. The van der Waals surface area contributed by atoms with Gasteiger partial charge in [0.25, 0.3) is 0 Å². The largest absolute Gasteiger partial charge is 1.00 e. The Bertz CT molecular complexity index is 1090. The Morgan fingerprint density at radius 1 is 1.07 bits per heavy atom. The van der Waals surface area contributed by atoms with Gasteiger partial charge in [-0.15, -0.1) is 6.61 Å². The molecule has 6 unspecified atom stereocenters. The van der Waals surface area contributed by atoms with Crippen molar-refractivity contribution >= 4 is 22.9 Å². The molecule has 258 valence electrons. The molecule has 0 bridgehead atoms. The van der Waals surface area contributed by atoms with Crippen molar-refractivity contribution in [2.45, 2.75) is 75.5 Å². The maximum Gasteiger partial charge on any atom is 1.00 e. The van der Waals surface area contributed by atoms with E-state index >= 15 is 0 Å². The van der Waals surface area contributed by atoms with Gasteiger partial charge in [-0.1, -0.05) is 0 Å². The average molecular weight is 689 g/mol. The van der Waals surface area contributed by atoms with Crippen LogP contribution in [0.2, 0.25) is 0 Å². The molecule has 9 N–H and O–H groups in total. The number of hydrogen-bond acceptors (Lipinski definition) is 17. The van der Waals surface area contributed by atoms with Gasteiger partial charge in [0.1, 0.15) is 37.1 Å². The Morgan fingerprint density at radius 3 is 2.52 bits per heavy atom. The molecule has 4 rings (SSSR count). The van der Waals surface area contributed by atoms with Crippen LogP contribution in [0.5, 0.6) is 0 Å². The van der Waals surface area contributed by atoms with Crippen molar-refractivity contribution in [3.8, 4) is 0 Å². The number of aromatic nitrogens is 4. The van der Waals surface area contributed by atoms with E-state index in [0.29, 0.717) is 69.2 Å². The van der Waals surface area contributed by atoms with Crippen LogP contribution >= 0.6 is 0 Å². The molecule has 1 amide bonds. The Morgan fingerprint density at radius 2 is 1.83 bits per heavy atom. The van der Waals surface area contributed by atoms with Gasteiger partial charge in [0.2, 0.25) is 5.91 Å². The fourth-order valence-corrected chi connectivity index (χ4v) is 4.51. The quantitative estimate of drug-likeness (QED) is 0.0268. The second-order valence-corrected chi connectivity index (χ2v) is 9.95. The second-order valence-electron chi connectivity index (χ2n) is 9.95. The molecule has 0 radical (unpaired) electrons. The maximum atomic E-state index is 11.6. The van der Waals surface area contributed by atoms with Gasteiger partial charge in [-0.3, -0.25) is 19.9 Å². The zero-order valence-corrected chi connectivity index (χ0v) is 29.0. The van der Waals surface area contributed by atoms with Crippen molar-refractivity contribution in [3.05, 3.63) is 12.7 Å². The van der Waals surface area contributed by atoms with E-state index in [4.69, 9.17) is 45.4 Å². The molecule has 2 aliphatic heterocycles. The van der Waals surface area contributed by atoms with E-state index in [2.05, 4.69) is 25.0 Å². The molecule has 6 atom stereocenters. The summed E-state index contributed by atoms with van der Waals surface area (Å²) in [5, 5.41) is 62.3. The number of hydrogen-bond donors (Lipinski definition) is 8. The van der Waals surface area contributed by atoms with Crippen LogP contribution < -0.4 is 67.5 Å². The maximum absolute atomic E-state index is 11.6. The van der Waals surface area contributed by atoms with Crippen LogP contribution in [0.1, 0.15) is 44.8 Å². The Kier molecular flexibility index (Phi) is 23.4. The molecular weight excluding hydrogens is 643 g/mol. The van der Waals surface area contributed by atoms with E-state index in [1.54, 1.807) is 6.33 Å². The molecule has 2 saturated heterocycles. The van der Waals surface area contributed by atoms with E-state index in [9.17, 15) is 20.1 Å². The van der Waals surface area contributed by atoms with Crippen molar-refractivity contribution in [2.24, 2.45) is 0 Å². The third-order valence-corrected chi connectivity index (χ3v) is 6.82. The van der Waals surface area contributed by atoms with Gasteiger partial charge < -0.3 is 60.3 Å². The van der Waals surface area contributed by atoms with Crippen LogP contribution in [0, 0.1) is 0 Å². The molecule has 46 heavy (non-hydrogen) atoms. The number of imidazole rings is 1. The van der Waals surface area contributed by atoms with Crippen molar-refractivity contribution in [2.75, 3.05) is 58.7 Å². The van der Waals surface area contributed by atoms with Gasteiger partial charge in [0.05, 0.1) is 38.9 Å². The third-order valence-electron chi connectivity index (χ3n) is 6.82. The molecule has 4 heterocycles. The van der Waals surface area contributed by atoms with Crippen LogP contribution in [0.4, 0.5) is 5.82 Å². The number of carbonyl (C=O) groups excluding carboxylic acids is 1. The van der Waals surface area contributed by atoms with E-state index in [-0.39, 0.29) is 89.4 Å². The summed E-state index contributed by atoms with van der Waals surface area (Å²) >= 11 is 0. The van der Waals surface area contributed by atoms with Crippen molar-refractivity contribution < 1.29 is 116 Å². The van der Waals surface area contributed by atoms with E-state index in [1.165, 1.54) is 6.33 Å². The van der Waals surface area contributed by atoms with Crippen LogP contribution in [0.15, 0.2) is 12.7 Å². The van der Waals surface area contributed by atoms with E-state index in [0.717, 1.165) is 12.8 Å². The van der Waals surface area contributed by atoms with E-state index < -0.39 is 31.2 Å². The van der Waals surface area contributed by atoms with Crippen LogP contribution in [0.3, 0.4) is 0 Å². The number of carbonyl (C=O) groups is 1. The molecule has 2 aromatic rings. The molecule has 2 aromatic heterocycles. The summed E-state index contributed by atoms with van der Waals surface area (Å²) in [4.78, 5) is 23.8. The minimum atomic E-state index is -1.12. The summed E-state index contributed by atoms with van der Waals surface area (Å²) in [5.41, 5.74) is 6.92. The minimum absolute atomic E-state index is 0. The first-order valence-corrected chi connectivity index (χ1v) is 14.5. The van der Waals surface area contributed by atoms with Gasteiger partial charge >= 0.3 is 51.4 Å². The van der Waals surface area contributed by atoms with Crippen LogP contribution in [-0.4, -0.2) is 140 Å². The third kappa shape index (κ3) is 14.6. The number of ether oxygens (including phenoxy) is 5. The number of aliphatic hydroxyl groups is 4. The van der Waals surface area contributed by atoms with Gasteiger partial charge in [-0.05, 0) is 25.7 Å². The standard InChI is InChI=1S/C16H31NO9.C10H12N5O2.K.H2O2/c18-10-13-16(22)12(20)9-15(26-13)25-5-2-1-3-14(21)17-4-6-23-7-8-24-11-19;11-9-8-10(13-4-12-9)15(5-14-8)7-2-1-6(3-16)17-7;;1-2/h12-13,15-16,18-20,22H,1-11H2,(H,17,21);4-7H,1-3H2,(H2,11,12,13);;1-2H/q;-1;+1;. The van der Waals surface area contributed by atoms with Crippen LogP contribution in [0.25, 0.3) is 11.2 Å². The topological polar surface area (TPSA) is 289 Å². The number of unbranched alkanes of at least 4 members (excludes halogenated alkanes) is 1. The van der Waals surface area contributed by atoms with Gasteiger partial charge in [-0.25, -0.2) is 15.0 Å². The Hall–Kier alpha value is -1.02. The number of aliphatic hydroxyl groups excluding tert-OH is 4. The fraction of sp³-hybridized carbons (Fsp3) is 0.769. The van der Waals surface area contributed by atoms with Gasteiger partial charge in [0, 0.05) is 32.1 Å². The number of anilines is 1. The molecule has 0 spiro atoms. The van der Waals surface area contributed by atoms with Crippen LogP contribution in [-0.2, 0) is 28.5 Å². The molecule has 0 aromatic carbocycles. The summed E-state index contributed by atoms with van der Waals surface area (Å²) in [6, 6.07) is 0. The normalized spacial score (nSPS) is 23.9. The Labute approximate surface area is 308 Å². The number of nitrogens with two attached hydrogens (primary N) is 1. The zero-order chi connectivity index (χ0) is 33.0. The predicted octanol–water partition coefficient (Wildman–Crippen LogP) is -5.43. The van der Waals surface area contributed by atoms with Crippen molar-refractivity contribution in [1.82, 2.24) is 24.8 Å². The fourth-order valence-electron chi connectivity index (χ4n) is 4.51. The molecule has 0 aliphatic carbocycles. The van der Waals surface area contributed by atoms with Crippen molar-refractivity contribution in [3.63, 3.8) is 0 Å². The molecular formula is C26H45KN6O13. The summed E-state index contributed by atoms with van der Waals surface area (Å²) < 4.78 is 28.1. The zero-order valence-electron chi connectivity index (χ0n) is 25.9. The molecule has 0 saturated carbocycles. The van der Waals surface area contributed by atoms with E-state index in [1.807, 2.05) is 4.57 Å². The number of nitrogens with one attached hydrogen (secondary N) is 1. The summed E-state index contributed by atoms with van der Waals surface area (Å²) in [6.07, 6.45) is 2.36. The van der Waals surface area contributed by atoms with Gasteiger partial charge in [0.15, 0.2) is 17.8 Å². The summed E-state index contributed by atoms with van der Waals surface area (Å²) in [6.45, 7) is 0.880. The smallest absolute Gasteiger partial charge is 0.853 e. The first-order valence-electron chi connectivity index (χ1n) is 14.5. The minimum Gasteiger partial charge on any atom is -0.853 e. The molecule has 20 heteroatoms.